The van der Waals surface area contributed by atoms with E-state index in [1.807, 2.05) is 61.5 Å². The van der Waals surface area contributed by atoms with Crippen LogP contribution in [0.15, 0.2) is 77.3 Å². The minimum atomic E-state index is -0.449. The maximum Gasteiger partial charge on any atom is 0.276 e. The van der Waals surface area contributed by atoms with E-state index in [0.717, 1.165) is 21.2 Å². The number of halogens is 1. The third-order valence-electron chi connectivity index (χ3n) is 4.07. The standard InChI is InChI=1S/C22H19BrN2O3/c1-15-13-19(11-12-20(15)23)28-14-21(26)24-25-22(27)18-9-7-17(8-10-18)16-5-3-2-4-6-16/h2-13H,14H2,1H3,(H,24,26)(H,25,27). The number of aryl methyl sites for hydroxylation is 1. The van der Waals surface area contributed by atoms with Gasteiger partial charge in [-0.1, -0.05) is 58.4 Å². The molecule has 28 heavy (non-hydrogen) atoms. The zero-order valence-electron chi connectivity index (χ0n) is 15.2. The van der Waals surface area contributed by atoms with Crippen LogP contribution in [0.5, 0.6) is 5.75 Å². The molecule has 3 aromatic rings. The van der Waals surface area contributed by atoms with Crippen LogP contribution in [0.4, 0.5) is 0 Å². The van der Waals surface area contributed by atoms with Crippen molar-refractivity contribution in [3.63, 3.8) is 0 Å². The molecular formula is C22H19BrN2O3. The number of carbonyl (C=O) groups is 2. The molecule has 0 aliphatic rings. The molecule has 0 radical (unpaired) electrons. The van der Waals surface area contributed by atoms with E-state index in [-0.39, 0.29) is 6.61 Å². The van der Waals surface area contributed by atoms with Gasteiger partial charge in [-0.05, 0) is 53.9 Å². The first kappa shape index (κ1) is 19.6. The van der Waals surface area contributed by atoms with E-state index in [4.69, 9.17) is 4.74 Å². The number of hydrazine groups is 1. The van der Waals surface area contributed by atoms with Crippen LogP contribution in [-0.4, -0.2) is 18.4 Å². The SMILES string of the molecule is Cc1cc(OCC(=O)NNC(=O)c2ccc(-c3ccccc3)cc2)ccc1Br. The number of nitrogens with one attached hydrogen (secondary N) is 2. The Kier molecular flexibility index (Phi) is 6.45. The summed E-state index contributed by atoms with van der Waals surface area (Å²) in [5, 5.41) is 0. The largest absolute Gasteiger partial charge is 0.484 e. The number of hydrogen-bond acceptors (Lipinski definition) is 3. The van der Waals surface area contributed by atoms with Crippen molar-refractivity contribution in [2.45, 2.75) is 6.92 Å². The number of hydrogen-bond donors (Lipinski definition) is 2. The summed E-state index contributed by atoms with van der Waals surface area (Å²) in [7, 11) is 0. The Morgan fingerprint density at radius 3 is 2.25 bits per heavy atom. The summed E-state index contributed by atoms with van der Waals surface area (Å²) in [6, 6.07) is 22.5. The van der Waals surface area contributed by atoms with E-state index in [1.165, 1.54) is 0 Å². The van der Waals surface area contributed by atoms with Gasteiger partial charge in [0, 0.05) is 10.0 Å². The first-order valence-corrected chi connectivity index (χ1v) is 9.46. The average Bonchev–Trinajstić information content (AvgIpc) is 2.73. The molecule has 0 bridgehead atoms. The predicted molar refractivity (Wildman–Crippen MR) is 112 cm³/mol. The highest BCUT2D eigenvalue weighted by Gasteiger charge is 2.09. The van der Waals surface area contributed by atoms with Gasteiger partial charge in [-0.25, -0.2) is 0 Å². The lowest BCUT2D eigenvalue weighted by Crippen LogP contribution is -2.43. The minimum Gasteiger partial charge on any atom is -0.484 e. The Morgan fingerprint density at radius 1 is 0.893 bits per heavy atom. The molecule has 0 aliphatic heterocycles. The number of amides is 2. The van der Waals surface area contributed by atoms with Crippen molar-refractivity contribution in [3.8, 4) is 16.9 Å². The highest BCUT2D eigenvalue weighted by Crippen LogP contribution is 2.21. The van der Waals surface area contributed by atoms with E-state index in [0.29, 0.717) is 11.3 Å². The molecule has 0 aromatic heterocycles. The van der Waals surface area contributed by atoms with Crippen molar-refractivity contribution < 1.29 is 14.3 Å². The first-order chi connectivity index (χ1) is 13.5. The van der Waals surface area contributed by atoms with Gasteiger partial charge in [0.2, 0.25) is 0 Å². The van der Waals surface area contributed by atoms with Crippen molar-refractivity contribution >= 4 is 27.7 Å². The van der Waals surface area contributed by atoms with Crippen LogP contribution in [0.25, 0.3) is 11.1 Å². The van der Waals surface area contributed by atoms with Gasteiger partial charge in [0.1, 0.15) is 5.75 Å². The topological polar surface area (TPSA) is 67.4 Å². The Hall–Kier alpha value is -3.12. The Morgan fingerprint density at radius 2 is 1.57 bits per heavy atom. The van der Waals surface area contributed by atoms with Crippen LogP contribution in [0.1, 0.15) is 15.9 Å². The quantitative estimate of drug-likeness (QED) is 0.584. The molecule has 2 N–H and O–H groups in total. The van der Waals surface area contributed by atoms with Crippen molar-refractivity contribution in [1.29, 1.82) is 0 Å². The fraction of sp³-hybridized carbons (Fsp3) is 0.0909. The molecule has 3 aromatic carbocycles. The molecule has 5 nitrogen and oxygen atoms in total. The summed E-state index contributed by atoms with van der Waals surface area (Å²) < 4.78 is 6.39. The zero-order valence-corrected chi connectivity index (χ0v) is 16.8. The summed E-state index contributed by atoms with van der Waals surface area (Å²) in [5.74, 6) is -0.263. The Bertz CT molecular complexity index is 973. The van der Waals surface area contributed by atoms with Gasteiger partial charge in [-0.15, -0.1) is 0 Å². The third kappa shape index (κ3) is 5.20. The van der Waals surface area contributed by atoms with Crippen molar-refractivity contribution in [1.82, 2.24) is 10.9 Å². The molecular weight excluding hydrogens is 420 g/mol. The maximum atomic E-state index is 12.2. The molecule has 0 unspecified atom stereocenters. The van der Waals surface area contributed by atoms with Gasteiger partial charge in [0.25, 0.3) is 11.8 Å². The highest BCUT2D eigenvalue weighted by molar-refractivity contribution is 9.10. The van der Waals surface area contributed by atoms with Gasteiger partial charge in [0.05, 0.1) is 0 Å². The van der Waals surface area contributed by atoms with Crippen LogP contribution >= 0.6 is 15.9 Å². The van der Waals surface area contributed by atoms with Gasteiger partial charge < -0.3 is 4.74 Å². The Balaban J connectivity index is 1.49. The monoisotopic (exact) mass is 438 g/mol. The normalized spacial score (nSPS) is 10.2. The summed E-state index contributed by atoms with van der Waals surface area (Å²) in [6.45, 7) is 1.73. The number of carbonyl (C=O) groups excluding carboxylic acids is 2. The second-order valence-electron chi connectivity index (χ2n) is 6.15. The van der Waals surface area contributed by atoms with E-state index in [1.54, 1.807) is 18.2 Å². The summed E-state index contributed by atoms with van der Waals surface area (Å²) >= 11 is 3.41. The van der Waals surface area contributed by atoms with Gasteiger partial charge >= 0.3 is 0 Å². The smallest absolute Gasteiger partial charge is 0.276 e. The van der Waals surface area contributed by atoms with Crippen LogP contribution in [0.2, 0.25) is 0 Å². The molecule has 0 atom stereocenters. The fourth-order valence-electron chi connectivity index (χ4n) is 2.54. The second-order valence-corrected chi connectivity index (χ2v) is 7.00. The van der Waals surface area contributed by atoms with Crippen molar-refractivity contribution in [3.05, 3.63) is 88.4 Å². The summed E-state index contributed by atoms with van der Waals surface area (Å²) in [6.07, 6.45) is 0. The molecule has 2 amide bonds. The molecule has 0 saturated heterocycles. The molecule has 142 valence electrons. The molecule has 0 fully saturated rings. The Labute approximate surface area is 171 Å². The lowest BCUT2D eigenvalue weighted by atomic mass is 10.0. The number of rotatable bonds is 5. The van der Waals surface area contributed by atoms with Crippen LogP contribution in [0.3, 0.4) is 0 Å². The number of benzene rings is 3. The summed E-state index contributed by atoms with van der Waals surface area (Å²) in [5.41, 5.74) is 8.28. The van der Waals surface area contributed by atoms with Gasteiger partial charge in [-0.3, -0.25) is 20.4 Å². The second kappa shape index (κ2) is 9.19. The molecule has 0 saturated carbocycles. The lowest BCUT2D eigenvalue weighted by molar-refractivity contribution is -0.123. The van der Waals surface area contributed by atoms with Gasteiger partial charge in [-0.2, -0.15) is 0 Å². The fourth-order valence-corrected chi connectivity index (χ4v) is 2.78. The number of ether oxygens (including phenoxy) is 1. The van der Waals surface area contributed by atoms with Crippen LogP contribution in [-0.2, 0) is 4.79 Å². The lowest BCUT2D eigenvalue weighted by Gasteiger charge is -2.10. The van der Waals surface area contributed by atoms with Crippen LogP contribution in [0, 0.1) is 6.92 Å². The summed E-state index contributed by atoms with van der Waals surface area (Å²) in [4.78, 5) is 24.1. The van der Waals surface area contributed by atoms with E-state index >= 15 is 0 Å². The predicted octanol–water partition coefficient (Wildman–Crippen LogP) is 4.26. The molecule has 0 heterocycles. The zero-order chi connectivity index (χ0) is 19.9. The molecule has 6 heteroatoms. The molecule has 3 rings (SSSR count). The maximum absolute atomic E-state index is 12.2. The molecule has 0 aliphatic carbocycles. The molecule has 0 spiro atoms. The highest BCUT2D eigenvalue weighted by atomic mass is 79.9. The van der Waals surface area contributed by atoms with Crippen molar-refractivity contribution in [2.75, 3.05) is 6.61 Å². The third-order valence-corrected chi connectivity index (χ3v) is 4.96. The van der Waals surface area contributed by atoms with E-state index in [9.17, 15) is 9.59 Å². The van der Waals surface area contributed by atoms with Gasteiger partial charge in [0.15, 0.2) is 6.61 Å². The van der Waals surface area contributed by atoms with E-state index in [2.05, 4.69) is 26.8 Å². The van der Waals surface area contributed by atoms with Crippen molar-refractivity contribution in [2.24, 2.45) is 0 Å². The minimum absolute atomic E-state index is 0.200. The first-order valence-electron chi connectivity index (χ1n) is 8.66. The van der Waals surface area contributed by atoms with Crippen LogP contribution < -0.4 is 15.6 Å². The average molecular weight is 439 g/mol. The van der Waals surface area contributed by atoms with E-state index < -0.39 is 11.8 Å².